The molecule has 2 N–H and O–H groups in total. The van der Waals surface area contributed by atoms with Crippen molar-refractivity contribution >= 4 is 11.9 Å². The molecular weight excluding hydrogens is 342 g/mol. The van der Waals surface area contributed by atoms with Crippen LogP contribution in [0.2, 0.25) is 0 Å². The topological polar surface area (TPSA) is 79.4 Å². The van der Waals surface area contributed by atoms with Crippen LogP contribution in [-0.4, -0.2) is 60.2 Å². The lowest BCUT2D eigenvalue weighted by molar-refractivity contribution is 0.0398. The molecule has 3 rings (SSSR count). The van der Waals surface area contributed by atoms with Gasteiger partial charge in [0.25, 0.3) is 5.91 Å². The minimum Gasteiger partial charge on any atom is -0.379 e. The Balaban J connectivity index is 1.53. The number of aryl methyl sites for hydroxylation is 2. The first kappa shape index (κ1) is 19.3. The third-order valence-corrected chi connectivity index (χ3v) is 4.48. The van der Waals surface area contributed by atoms with Gasteiger partial charge in [0, 0.05) is 38.4 Å². The van der Waals surface area contributed by atoms with E-state index in [-0.39, 0.29) is 5.91 Å². The maximum atomic E-state index is 12.5. The molecule has 27 heavy (non-hydrogen) atoms. The fourth-order valence-corrected chi connectivity index (χ4v) is 2.89. The lowest BCUT2D eigenvalue weighted by Crippen LogP contribution is -2.39. The normalized spacial score (nSPS) is 14.7. The summed E-state index contributed by atoms with van der Waals surface area (Å²) in [6.07, 6.45) is 0. The molecule has 1 amide bonds. The molecule has 2 aromatic rings. The summed E-state index contributed by atoms with van der Waals surface area (Å²) >= 11 is 0. The first-order valence-electron chi connectivity index (χ1n) is 9.33. The lowest BCUT2D eigenvalue weighted by Gasteiger charge is -2.26. The van der Waals surface area contributed by atoms with Crippen molar-refractivity contribution in [1.29, 1.82) is 0 Å². The molecule has 144 valence electrons. The average Bonchev–Trinajstić information content (AvgIpc) is 2.68. The van der Waals surface area contributed by atoms with Crippen molar-refractivity contribution < 1.29 is 9.53 Å². The van der Waals surface area contributed by atoms with Crippen molar-refractivity contribution in [3.05, 3.63) is 52.8 Å². The summed E-state index contributed by atoms with van der Waals surface area (Å²) in [6, 6.07) is 9.80. The van der Waals surface area contributed by atoms with Gasteiger partial charge in [-0.1, -0.05) is 29.8 Å². The number of hydrogen-bond donors (Lipinski definition) is 2. The van der Waals surface area contributed by atoms with Crippen molar-refractivity contribution in [3.8, 4) is 0 Å². The molecule has 1 fully saturated rings. The molecule has 1 aliphatic rings. The zero-order chi connectivity index (χ0) is 19.1. The second-order valence-electron chi connectivity index (χ2n) is 6.77. The Morgan fingerprint density at radius 1 is 1.15 bits per heavy atom. The number of rotatable bonds is 7. The van der Waals surface area contributed by atoms with Gasteiger partial charge >= 0.3 is 0 Å². The van der Waals surface area contributed by atoms with Crippen LogP contribution in [0.25, 0.3) is 0 Å². The van der Waals surface area contributed by atoms with E-state index in [1.807, 2.05) is 38.1 Å². The molecule has 0 unspecified atom stereocenters. The van der Waals surface area contributed by atoms with Crippen molar-refractivity contribution in [1.82, 2.24) is 20.2 Å². The second-order valence-corrected chi connectivity index (χ2v) is 6.77. The first-order chi connectivity index (χ1) is 13.1. The predicted molar refractivity (Wildman–Crippen MR) is 105 cm³/mol. The van der Waals surface area contributed by atoms with E-state index in [0.29, 0.717) is 18.2 Å². The molecule has 0 spiro atoms. The summed E-state index contributed by atoms with van der Waals surface area (Å²) in [6.45, 7) is 9.47. The van der Waals surface area contributed by atoms with Crippen LogP contribution in [0.5, 0.6) is 0 Å². The number of anilines is 1. The summed E-state index contributed by atoms with van der Waals surface area (Å²) in [5, 5.41) is 6.14. The molecule has 2 heterocycles. The molecule has 0 radical (unpaired) electrons. The molecule has 0 saturated carbocycles. The molecular formula is C20H27N5O2. The van der Waals surface area contributed by atoms with E-state index in [1.165, 1.54) is 5.56 Å². The van der Waals surface area contributed by atoms with Crippen LogP contribution in [-0.2, 0) is 11.3 Å². The number of amides is 1. The van der Waals surface area contributed by atoms with E-state index < -0.39 is 0 Å². The maximum absolute atomic E-state index is 12.5. The standard InChI is InChI=1S/C20H27N5O2/c1-15-3-5-17(6-4-15)14-22-19(26)18-13-16(2)23-20(24-18)21-7-8-25-9-11-27-12-10-25/h3-6,13H,7-12,14H2,1-2H3,(H,22,26)(H,21,23,24). The third-order valence-electron chi connectivity index (χ3n) is 4.48. The van der Waals surface area contributed by atoms with Crippen LogP contribution in [0.1, 0.15) is 27.3 Å². The zero-order valence-corrected chi connectivity index (χ0v) is 16.0. The van der Waals surface area contributed by atoms with Crippen LogP contribution in [0, 0.1) is 13.8 Å². The van der Waals surface area contributed by atoms with E-state index in [4.69, 9.17) is 4.74 Å². The Labute approximate surface area is 160 Å². The predicted octanol–water partition coefficient (Wildman–Crippen LogP) is 1.77. The summed E-state index contributed by atoms with van der Waals surface area (Å²) in [5.74, 6) is 0.293. The van der Waals surface area contributed by atoms with Gasteiger partial charge in [0.1, 0.15) is 5.69 Å². The smallest absolute Gasteiger partial charge is 0.270 e. The van der Waals surface area contributed by atoms with Gasteiger partial charge in [-0.15, -0.1) is 0 Å². The van der Waals surface area contributed by atoms with Crippen molar-refractivity contribution in [2.45, 2.75) is 20.4 Å². The number of nitrogens with one attached hydrogen (secondary N) is 2. The summed E-state index contributed by atoms with van der Waals surface area (Å²) in [5.41, 5.74) is 3.40. The van der Waals surface area contributed by atoms with E-state index in [2.05, 4.69) is 25.5 Å². The van der Waals surface area contributed by atoms with Crippen molar-refractivity contribution in [2.24, 2.45) is 0 Å². The van der Waals surface area contributed by atoms with Crippen LogP contribution in [0.15, 0.2) is 30.3 Å². The third kappa shape index (κ3) is 6.01. The minimum atomic E-state index is -0.197. The number of carbonyl (C=O) groups is 1. The Kier molecular flexibility index (Phi) is 6.73. The average molecular weight is 369 g/mol. The molecule has 7 heteroatoms. The maximum Gasteiger partial charge on any atom is 0.270 e. The van der Waals surface area contributed by atoms with Crippen LogP contribution < -0.4 is 10.6 Å². The fraction of sp³-hybridized carbons (Fsp3) is 0.450. The minimum absolute atomic E-state index is 0.197. The molecule has 0 aliphatic carbocycles. The van der Waals surface area contributed by atoms with E-state index in [0.717, 1.165) is 50.7 Å². The van der Waals surface area contributed by atoms with Gasteiger partial charge in [0.05, 0.1) is 13.2 Å². The molecule has 0 bridgehead atoms. The van der Waals surface area contributed by atoms with Gasteiger partial charge in [-0.3, -0.25) is 9.69 Å². The summed E-state index contributed by atoms with van der Waals surface area (Å²) in [4.78, 5) is 23.5. The summed E-state index contributed by atoms with van der Waals surface area (Å²) in [7, 11) is 0. The Morgan fingerprint density at radius 2 is 1.89 bits per heavy atom. The number of carbonyl (C=O) groups excluding carboxylic acids is 1. The highest BCUT2D eigenvalue weighted by Crippen LogP contribution is 2.07. The number of hydrogen-bond acceptors (Lipinski definition) is 6. The number of ether oxygens (including phenoxy) is 1. The van der Waals surface area contributed by atoms with Gasteiger partial charge in [-0.05, 0) is 25.5 Å². The number of morpholine rings is 1. The highest BCUT2D eigenvalue weighted by Gasteiger charge is 2.12. The van der Waals surface area contributed by atoms with Gasteiger partial charge in [-0.2, -0.15) is 0 Å². The van der Waals surface area contributed by atoms with Crippen LogP contribution in [0.4, 0.5) is 5.95 Å². The molecule has 7 nitrogen and oxygen atoms in total. The highest BCUT2D eigenvalue weighted by molar-refractivity contribution is 5.92. The first-order valence-corrected chi connectivity index (χ1v) is 9.33. The van der Waals surface area contributed by atoms with Crippen molar-refractivity contribution in [3.63, 3.8) is 0 Å². The molecule has 1 saturated heterocycles. The van der Waals surface area contributed by atoms with Gasteiger partial charge in [0.15, 0.2) is 0 Å². The van der Waals surface area contributed by atoms with Gasteiger partial charge in [-0.25, -0.2) is 9.97 Å². The SMILES string of the molecule is Cc1ccc(CNC(=O)c2cc(C)nc(NCCN3CCOCC3)n2)cc1. The molecule has 1 aromatic heterocycles. The second kappa shape index (κ2) is 9.43. The zero-order valence-electron chi connectivity index (χ0n) is 16.0. The van der Waals surface area contributed by atoms with Crippen LogP contribution in [0.3, 0.4) is 0 Å². The lowest BCUT2D eigenvalue weighted by atomic mass is 10.1. The Morgan fingerprint density at radius 3 is 2.63 bits per heavy atom. The van der Waals surface area contributed by atoms with Gasteiger partial charge in [0.2, 0.25) is 5.95 Å². The molecule has 1 aromatic carbocycles. The fourth-order valence-electron chi connectivity index (χ4n) is 2.89. The number of benzene rings is 1. The molecule has 1 aliphatic heterocycles. The van der Waals surface area contributed by atoms with E-state index in [1.54, 1.807) is 6.07 Å². The number of nitrogens with zero attached hydrogens (tertiary/aromatic N) is 3. The summed E-state index contributed by atoms with van der Waals surface area (Å²) < 4.78 is 5.35. The quantitative estimate of drug-likeness (QED) is 0.774. The molecule has 0 atom stereocenters. The monoisotopic (exact) mass is 369 g/mol. The van der Waals surface area contributed by atoms with E-state index in [9.17, 15) is 4.79 Å². The van der Waals surface area contributed by atoms with Gasteiger partial charge < -0.3 is 15.4 Å². The van der Waals surface area contributed by atoms with E-state index >= 15 is 0 Å². The highest BCUT2D eigenvalue weighted by atomic mass is 16.5. The number of aromatic nitrogens is 2. The van der Waals surface area contributed by atoms with Crippen molar-refractivity contribution in [2.75, 3.05) is 44.7 Å². The Bertz CT molecular complexity index is 757. The largest absolute Gasteiger partial charge is 0.379 e. The van der Waals surface area contributed by atoms with Crippen LogP contribution >= 0.6 is 0 Å². The Hall–Kier alpha value is -2.51.